The molecule has 1 atom stereocenters. The molecule has 13 heteroatoms. The van der Waals surface area contributed by atoms with Gasteiger partial charge in [0.1, 0.15) is 11.3 Å². The number of anilines is 1. The van der Waals surface area contributed by atoms with Crippen molar-refractivity contribution in [2.24, 2.45) is 5.73 Å². The van der Waals surface area contributed by atoms with Gasteiger partial charge in [0.05, 0.1) is 0 Å². The van der Waals surface area contributed by atoms with Gasteiger partial charge in [-0.05, 0) is 42.3 Å². The first-order valence-corrected chi connectivity index (χ1v) is 11.1. The number of aromatic nitrogens is 2. The van der Waals surface area contributed by atoms with Gasteiger partial charge < -0.3 is 20.7 Å². The molecule has 1 fully saturated rings. The van der Waals surface area contributed by atoms with E-state index in [1.54, 1.807) is 29.2 Å². The van der Waals surface area contributed by atoms with Crippen LogP contribution in [0, 0.1) is 0 Å². The van der Waals surface area contributed by atoms with Gasteiger partial charge in [0.25, 0.3) is 5.91 Å². The molecule has 1 aromatic carbocycles. The Balaban J connectivity index is 1.78. The number of benzene rings is 1. The molecule has 0 spiro atoms. The Labute approximate surface area is 207 Å². The van der Waals surface area contributed by atoms with Gasteiger partial charge in [-0.25, -0.2) is 9.78 Å². The van der Waals surface area contributed by atoms with Crippen LogP contribution in [-0.2, 0) is 11.3 Å². The minimum absolute atomic E-state index is 0.0718. The minimum Gasteiger partial charge on any atom is -0.415 e. The average molecular weight is 528 g/mol. The maximum Gasteiger partial charge on any atom is 0.491 e. The molecule has 0 radical (unpaired) electrons. The fourth-order valence-electron chi connectivity index (χ4n) is 3.70. The van der Waals surface area contributed by atoms with E-state index >= 15 is 0 Å². The number of fused-ring (bicyclic) bond motifs is 1. The molecule has 0 saturated carbocycles. The highest BCUT2D eigenvalue weighted by molar-refractivity contribution is 6.34. The Hall–Kier alpha value is -3.15. The summed E-state index contributed by atoms with van der Waals surface area (Å²) in [5.41, 5.74) is 5.89. The second kappa shape index (κ2) is 9.84. The van der Waals surface area contributed by atoms with Gasteiger partial charge in [0.15, 0.2) is 11.4 Å². The molecule has 0 bridgehead atoms. The monoisotopic (exact) mass is 527 g/mol. The van der Waals surface area contributed by atoms with Crippen molar-refractivity contribution in [1.29, 1.82) is 0 Å². The SMILES string of the molecule is NC1CCN(c2nc(C(=O)NCc3cc(Cl)cc(Cl)c3)c(OC(=O)C(F)(F)F)c3ncccc23)C1. The fraction of sp³-hybridized carbons (Fsp3) is 0.273. The summed E-state index contributed by atoms with van der Waals surface area (Å²) in [4.78, 5) is 35.1. The fourth-order valence-corrected chi connectivity index (χ4v) is 4.27. The summed E-state index contributed by atoms with van der Waals surface area (Å²) in [7, 11) is 0. The van der Waals surface area contributed by atoms with Crippen molar-refractivity contribution in [2.75, 3.05) is 18.0 Å². The zero-order chi connectivity index (χ0) is 25.3. The molecule has 4 rings (SSSR count). The van der Waals surface area contributed by atoms with Gasteiger partial charge in [0.2, 0.25) is 0 Å². The Bertz CT molecular complexity index is 1290. The Morgan fingerprint density at radius 2 is 1.94 bits per heavy atom. The summed E-state index contributed by atoms with van der Waals surface area (Å²) in [6, 6.07) is 7.61. The van der Waals surface area contributed by atoms with Crippen LogP contribution >= 0.6 is 23.2 Å². The summed E-state index contributed by atoms with van der Waals surface area (Å²) in [5.74, 6) is -3.79. The molecule has 3 heterocycles. The highest BCUT2D eigenvalue weighted by Crippen LogP contribution is 2.36. The normalized spacial score (nSPS) is 15.9. The third-order valence-electron chi connectivity index (χ3n) is 5.24. The van der Waals surface area contributed by atoms with Crippen molar-refractivity contribution in [2.45, 2.75) is 25.2 Å². The predicted octanol–water partition coefficient (Wildman–Crippen LogP) is 3.87. The maximum absolute atomic E-state index is 13.1. The van der Waals surface area contributed by atoms with Gasteiger partial charge in [-0.2, -0.15) is 13.2 Å². The van der Waals surface area contributed by atoms with E-state index in [0.29, 0.717) is 46.3 Å². The number of hydrogen-bond donors (Lipinski definition) is 2. The second-order valence-electron chi connectivity index (χ2n) is 7.86. The van der Waals surface area contributed by atoms with E-state index in [9.17, 15) is 22.8 Å². The van der Waals surface area contributed by atoms with Crippen LogP contribution in [-0.4, -0.2) is 47.2 Å². The van der Waals surface area contributed by atoms with E-state index in [4.69, 9.17) is 28.9 Å². The molecular weight excluding hydrogens is 510 g/mol. The van der Waals surface area contributed by atoms with Crippen molar-refractivity contribution in [3.05, 3.63) is 57.8 Å². The number of ether oxygens (including phenoxy) is 1. The number of nitrogens with one attached hydrogen (secondary N) is 1. The van der Waals surface area contributed by atoms with Crippen molar-refractivity contribution >= 4 is 51.8 Å². The number of rotatable bonds is 5. The first kappa shape index (κ1) is 25.0. The van der Waals surface area contributed by atoms with Gasteiger partial charge in [-0.1, -0.05) is 23.2 Å². The molecule has 184 valence electrons. The molecule has 1 saturated heterocycles. The average Bonchev–Trinajstić information content (AvgIpc) is 3.22. The van der Waals surface area contributed by atoms with Crippen LogP contribution in [0.25, 0.3) is 10.9 Å². The zero-order valence-electron chi connectivity index (χ0n) is 17.9. The van der Waals surface area contributed by atoms with Crippen molar-refractivity contribution in [3.8, 4) is 5.75 Å². The topological polar surface area (TPSA) is 110 Å². The molecule has 1 aliphatic rings. The van der Waals surface area contributed by atoms with Crippen LogP contribution in [0.5, 0.6) is 5.75 Å². The smallest absolute Gasteiger partial charge is 0.415 e. The van der Waals surface area contributed by atoms with Crippen LogP contribution < -0.4 is 20.7 Å². The first-order valence-electron chi connectivity index (χ1n) is 10.3. The lowest BCUT2D eigenvalue weighted by atomic mass is 10.1. The van der Waals surface area contributed by atoms with Crippen LogP contribution in [0.4, 0.5) is 19.0 Å². The minimum atomic E-state index is -5.30. The second-order valence-corrected chi connectivity index (χ2v) is 8.73. The molecule has 3 N–H and O–H groups in total. The number of halogens is 5. The van der Waals surface area contributed by atoms with Gasteiger partial charge >= 0.3 is 12.1 Å². The lowest BCUT2D eigenvalue weighted by molar-refractivity contribution is -0.189. The van der Waals surface area contributed by atoms with Crippen molar-refractivity contribution in [3.63, 3.8) is 0 Å². The Morgan fingerprint density at radius 3 is 2.57 bits per heavy atom. The number of nitrogens with two attached hydrogens (primary N) is 1. The third kappa shape index (κ3) is 5.58. The Kier molecular flexibility index (Phi) is 7.02. The van der Waals surface area contributed by atoms with E-state index in [2.05, 4.69) is 20.0 Å². The van der Waals surface area contributed by atoms with Crippen LogP contribution in [0.15, 0.2) is 36.5 Å². The van der Waals surface area contributed by atoms with Gasteiger partial charge in [0, 0.05) is 47.3 Å². The molecule has 35 heavy (non-hydrogen) atoms. The Morgan fingerprint density at radius 1 is 1.23 bits per heavy atom. The standard InChI is InChI=1S/C22H18Cl2F3N5O3/c23-12-6-11(7-13(24)8-12)9-30-20(33)17-18(35-21(34)22(25,26)27)16-15(2-1-4-29-16)19(31-17)32-5-3-14(28)10-32/h1-2,4,6-8,14H,3,5,9-10,28H2,(H,30,33). The van der Waals surface area contributed by atoms with Gasteiger partial charge in [-0.3, -0.25) is 9.78 Å². The highest BCUT2D eigenvalue weighted by Gasteiger charge is 2.43. The predicted molar refractivity (Wildman–Crippen MR) is 124 cm³/mol. The van der Waals surface area contributed by atoms with E-state index in [-0.39, 0.29) is 18.1 Å². The van der Waals surface area contributed by atoms with E-state index < -0.39 is 29.5 Å². The molecular formula is C22H18Cl2F3N5O3. The van der Waals surface area contributed by atoms with Crippen LogP contribution in [0.3, 0.4) is 0 Å². The van der Waals surface area contributed by atoms with Crippen molar-refractivity contribution < 1.29 is 27.5 Å². The summed E-state index contributed by atoms with van der Waals surface area (Å²) in [5, 5.41) is 3.53. The first-order chi connectivity index (χ1) is 16.5. The van der Waals surface area contributed by atoms with Crippen LogP contribution in [0.2, 0.25) is 10.0 Å². The van der Waals surface area contributed by atoms with Crippen LogP contribution in [0.1, 0.15) is 22.5 Å². The summed E-state index contributed by atoms with van der Waals surface area (Å²) < 4.78 is 43.7. The van der Waals surface area contributed by atoms with E-state index in [1.165, 1.54) is 12.3 Å². The molecule has 3 aromatic rings. The lowest BCUT2D eigenvalue weighted by Crippen LogP contribution is -2.32. The maximum atomic E-state index is 13.1. The summed E-state index contributed by atoms with van der Waals surface area (Å²) in [6.07, 6.45) is -3.33. The number of nitrogens with zero attached hydrogens (tertiary/aromatic N) is 3. The molecule has 1 aliphatic heterocycles. The number of carbonyl (C=O) groups excluding carboxylic acids is 2. The quantitative estimate of drug-likeness (QED) is 0.484. The number of alkyl halides is 3. The molecule has 2 aromatic heterocycles. The molecule has 1 unspecified atom stereocenters. The van der Waals surface area contributed by atoms with Gasteiger partial charge in [-0.15, -0.1) is 0 Å². The highest BCUT2D eigenvalue weighted by atomic mass is 35.5. The number of esters is 1. The number of carbonyl (C=O) groups is 2. The largest absolute Gasteiger partial charge is 0.491 e. The third-order valence-corrected chi connectivity index (χ3v) is 5.67. The summed E-state index contributed by atoms with van der Waals surface area (Å²) in [6.45, 7) is 0.861. The summed E-state index contributed by atoms with van der Waals surface area (Å²) >= 11 is 12.0. The lowest BCUT2D eigenvalue weighted by Gasteiger charge is -2.21. The molecule has 0 aliphatic carbocycles. The number of amides is 1. The number of pyridine rings is 2. The number of hydrogen-bond acceptors (Lipinski definition) is 7. The van der Waals surface area contributed by atoms with E-state index in [1.807, 2.05) is 0 Å². The zero-order valence-corrected chi connectivity index (χ0v) is 19.4. The molecule has 1 amide bonds. The van der Waals surface area contributed by atoms with E-state index in [0.717, 1.165) is 0 Å². The van der Waals surface area contributed by atoms with Crippen molar-refractivity contribution in [1.82, 2.24) is 15.3 Å². The molecule has 8 nitrogen and oxygen atoms in total.